The number of nitrogens with zero attached hydrogens (tertiary/aromatic N) is 2. The van der Waals surface area contributed by atoms with Crippen LogP contribution in [-0.4, -0.2) is 29.4 Å². The summed E-state index contributed by atoms with van der Waals surface area (Å²) in [4.78, 5) is 28.5. The molecule has 2 aromatic rings. The summed E-state index contributed by atoms with van der Waals surface area (Å²) in [6, 6.07) is 13.8. The molecular formula is C29H26N2O3. The van der Waals surface area contributed by atoms with Gasteiger partial charge >= 0.3 is 5.97 Å². The minimum Gasteiger partial charge on any atom is -0.478 e. The molecule has 170 valence electrons. The number of ketones is 1. The van der Waals surface area contributed by atoms with E-state index in [0.717, 1.165) is 29.9 Å². The SMILES string of the molecule is Cc1ccc2c(c1)C(C)(C)C1=C3C=C4C=CC(=O)C=C4N(c4ccc(C(=O)O)cc4)C3CCN12. The van der Waals surface area contributed by atoms with Crippen LogP contribution < -0.4 is 9.80 Å². The van der Waals surface area contributed by atoms with E-state index in [1.807, 2.05) is 18.2 Å². The predicted octanol–water partition coefficient (Wildman–Crippen LogP) is 5.29. The third kappa shape index (κ3) is 2.86. The van der Waals surface area contributed by atoms with E-state index in [-0.39, 0.29) is 22.8 Å². The van der Waals surface area contributed by atoms with Crippen molar-refractivity contribution >= 4 is 23.1 Å². The standard InChI is InChI=1S/C29H26N2O3/c1-17-4-11-25-23(14-17)29(2,3)27-22-15-19-7-10-21(32)16-26(19)31(24(22)12-13-30(25)27)20-8-5-18(6-9-20)28(33)34/h4-11,14-16,24H,12-13H2,1-3H3,(H,33,34). The Balaban J connectivity index is 1.57. The molecule has 34 heavy (non-hydrogen) atoms. The van der Waals surface area contributed by atoms with Crippen molar-refractivity contribution in [2.24, 2.45) is 0 Å². The molecule has 1 unspecified atom stereocenters. The second kappa shape index (κ2) is 7.07. The molecule has 1 atom stereocenters. The summed E-state index contributed by atoms with van der Waals surface area (Å²) >= 11 is 0. The summed E-state index contributed by atoms with van der Waals surface area (Å²) in [6.07, 6.45) is 8.36. The van der Waals surface area contributed by atoms with E-state index >= 15 is 0 Å². The predicted molar refractivity (Wildman–Crippen MR) is 133 cm³/mol. The first-order valence-electron chi connectivity index (χ1n) is 11.7. The van der Waals surface area contributed by atoms with Gasteiger partial charge in [0, 0.05) is 35.1 Å². The van der Waals surface area contributed by atoms with Crippen molar-refractivity contribution in [2.45, 2.75) is 38.6 Å². The van der Waals surface area contributed by atoms with Gasteiger partial charge in [0.1, 0.15) is 0 Å². The quantitative estimate of drug-likeness (QED) is 0.674. The van der Waals surface area contributed by atoms with Gasteiger partial charge in [-0.2, -0.15) is 0 Å². The second-order valence-corrected chi connectivity index (χ2v) is 9.99. The Labute approximate surface area is 199 Å². The number of rotatable bonds is 2. The van der Waals surface area contributed by atoms with Crippen molar-refractivity contribution in [3.8, 4) is 0 Å². The van der Waals surface area contributed by atoms with Crippen LogP contribution in [0, 0.1) is 6.92 Å². The summed E-state index contributed by atoms with van der Waals surface area (Å²) in [5.41, 5.74) is 9.34. The molecule has 1 N–H and O–H groups in total. The lowest BCUT2D eigenvalue weighted by Crippen LogP contribution is -2.47. The Morgan fingerprint density at radius 2 is 1.82 bits per heavy atom. The van der Waals surface area contributed by atoms with Crippen LogP contribution >= 0.6 is 0 Å². The highest BCUT2D eigenvalue weighted by Gasteiger charge is 2.47. The molecule has 3 heterocycles. The van der Waals surface area contributed by atoms with E-state index in [2.05, 4.69) is 54.8 Å². The number of hydrogen-bond acceptors (Lipinski definition) is 4. The number of carboxylic acid groups (broad SMARTS) is 1. The maximum Gasteiger partial charge on any atom is 0.335 e. The van der Waals surface area contributed by atoms with Crippen LogP contribution in [0.5, 0.6) is 0 Å². The summed E-state index contributed by atoms with van der Waals surface area (Å²) in [5, 5.41) is 9.36. The van der Waals surface area contributed by atoms with Crippen LogP contribution in [0.2, 0.25) is 0 Å². The van der Waals surface area contributed by atoms with Gasteiger partial charge in [-0.25, -0.2) is 4.79 Å². The Morgan fingerprint density at radius 1 is 1.06 bits per heavy atom. The molecule has 5 heteroatoms. The Hall–Kier alpha value is -3.86. The van der Waals surface area contributed by atoms with E-state index in [1.165, 1.54) is 28.1 Å². The molecule has 5 nitrogen and oxygen atoms in total. The van der Waals surface area contributed by atoms with Gasteiger partial charge in [0.25, 0.3) is 0 Å². The normalized spacial score (nSPS) is 22.0. The van der Waals surface area contributed by atoms with Crippen LogP contribution in [0.1, 0.15) is 41.8 Å². The largest absolute Gasteiger partial charge is 0.478 e. The molecule has 0 fully saturated rings. The van der Waals surface area contributed by atoms with E-state index in [4.69, 9.17) is 0 Å². The Bertz CT molecular complexity index is 1390. The lowest BCUT2D eigenvalue weighted by atomic mass is 9.77. The van der Waals surface area contributed by atoms with Crippen LogP contribution in [0.3, 0.4) is 0 Å². The van der Waals surface area contributed by atoms with E-state index in [1.54, 1.807) is 24.3 Å². The molecule has 3 aliphatic heterocycles. The van der Waals surface area contributed by atoms with E-state index in [0.29, 0.717) is 0 Å². The fourth-order valence-corrected chi connectivity index (χ4v) is 5.99. The van der Waals surface area contributed by atoms with Gasteiger partial charge in [-0.1, -0.05) is 31.5 Å². The highest BCUT2D eigenvalue weighted by Crippen LogP contribution is 2.53. The molecule has 6 rings (SSSR count). The van der Waals surface area contributed by atoms with Gasteiger partial charge in [0.05, 0.1) is 17.3 Å². The van der Waals surface area contributed by atoms with Crippen LogP contribution in [0.4, 0.5) is 11.4 Å². The molecule has 0 spiro atoms. The zero-order chi connectivity index (χ0) is 23.8. The highest BCUT2D eigenvalue weighted by molar-refractivity contribution is 6.03. The van der Waals surface area contributed by atoms with E-state index < -0.39 is 5.97 Å². The Morgan fingerprint density at radius 3 is 2.56 bits per heavy atom. The first-order chi connectivity index (χ1) is 16.3. The average Bonchev–Trinajstić information content (AvgIpc) is 3.04. The monoisotopic (exact) mass is 450 g/mol. The van der Waals surface area contributed by atoms with Crippen molar-refractivity contribution in [3.63, 3.8) is 0 Å². The summed E-state index contributed by atoms with van der Waals surface area (Å²) in [6.45, 7) is 7.62. The summed E-state index contributed by atoms with van der Waals surface area (Å²) in [5.74, 6) is -0.977. The second-order valence-electron chi connectivity index (χ2n) is 9.99. The number of allylic oxidation sites excluding steroid dienone is 4. The maximum absolute atomic E-state index is 12.3. The minimum absolute atomic E-state index is 0.0306. The van der Waals surface area contributed by atoms with E-state index in [9.17, 15) is 14.7 Å². The molecule has 0 saturated carbocycles. The zero-order valence-corrected chi connectivity index (χ0v) is 19.5. The molecule has 4 aliphatic rings. The number of anilines is 2. The van der Waals surface area contributed by atoms with Crippen molar-refractivity contribution in [2.75, 3.05) is 16.3 Å². The molecule has 2 aromatic carbocycles. The molecule has 0 amide bonds. The highest BCUT2D eigenvalue weighted by atomic mass is 16.4. The number of hydrogen-bond donors (Lipinski definition) is 1. The number of carbonyl (C=O) groups excluding carboxylic acids is 1. The van der Waals surface area contributed by atoms with Crippen LogP contribution in [0.15, 0.2) is 89.3 Å². The number of fused-ring (bicyclic) bond motifs is 5. The molecular weight excluding hydrogens is 424 g/mol. The van der Waals surface area contributed by atoms with Crippen molar-refractivity contribution in [1.29, 1.82) is 0 Å². The summed E-state index contributed by atoms with van der Waals surface area (Å²) in [7, 11) is 0. The van der Waals surface area contributed by atoms with Gasteiger partial charge in [0.2, 0.25) is 0 Å². The number of carboxylic acids is 1. The van der Waals surface area contributed by atoms with Gasteiger partial charge in [-0.15, -0.1) is 0 Å². The third-order valence-corrected chi connectivity index (χ3v) is 7.51. The fraction of sp³-hybridized carbons (Fsp3) is 0.241. The molecule has 0 aromatic heterocycles. The van der Waals surface area contributed by atoms with Gasteiger partial charge in [-0.3, -0.25) is 4.79 Å². The zero-order valence-electron chi connectivity index (χ0n) is 19.5. The van der Waals surface area contributed by atoms with Gasteiger partial charge < -0.3 is 14.9 Å². The first kappa shape index (κ1) is 20.7. The minimum atomic E-state index is -0.947. The average molecular weight is 451 g/mol. The van der Waals surface area contributed by atoms with Crippen LogP contribution in [0.25, 0.3) is 0 Å². The number of benzene rings is 2. The molecule has 0 radical (unpaired) electrons. The van der Waals surface area contributed by atoms with Gasteiger partial charge in [0.15, 0.2) is 5.78 Å². The smallest absolute Gasteiger partial charge is 0.335 e. The van der Waals surface area contributed by atoms with Crippen molar-refractivity contribution in [1.82, 2.24) is 0 Å². The third-order valence-electron chi connectivity index (χ3n) is 7.51. The molecule has 0 saturated heterocycles. The number of aryl methyl sites for hydroxylation is 1. The van der Waals surface area contributed by atoms with Gasteiger partial charge in [-0.05, 0) is 78.6 Å². The lowest BCUT2D eigenvalue weighted by molar-refractivity contribution is -0.110. The fourth-order valence-electron chi connectivity index (χ4n) is 5.99. The summed E-state index contributed by atoms with van der Waals surface area (Å²) < 4.78 is 0. The van der Waals surface area contributed by atoms with Crippen LogP contribution in [-0.2, 0) is 10.2 Å². The maximum atomic E-state index is 12.3. The van der Waals surface area contributed by atoms with Crippen molar-refractivity contribution in [3.05, 3.63) is 106 Å². The lowest BCUT2D eigenvalue weighted by Gasteiger charge is -2.47. The van der Waals surface area contributed by atoms with Crippen molar-refractivity contribution < 1.29 is 14.7 Å². The molecule has 0 bridgehead atoms. The topological polar surface area (TPSA) is 60.9 Å². The number of aromatic carboxylic acids is 1. The number of carbonyl (C=O) groups is 2. The first-order valence-corrected chi connectivity index (χ1v) is 11.7. The molecule has 1 aliphatic carbocycles. The Kier molecular flexibility index (Phi) is 4.31.